The number of nitrogens with two attached hydrogens (primary N) is 1. The molecule has 1 saturated heterocycles. The minimum absolute atomic E-state index is 0. The molecule has 4 nitrogen and oxygen atoms in total. The second-order valence-electron chi connectivity index (χ2n) is 2.35. The number of nitrogens with one attached hydrogen (secondary N) is 1. The van der Waals surface area contributed by atoms with Crippen molar-refractivity contribution in [1.82, 2.24) is 4.90 Å². The van der Waals surface area contributed by atoms with Crippen molar-refractivity contribution < 1.29 is 24.9 Å². The molecule has 1 aliphatic rings. The first-order valence-corrected chi connectivity index (χ1v) is 3.31. The first kappa shape index (κ1) is 13.5. The van der Waals surface area contributed by atoms with Crippen LogP contribution in [0.2, 0.25) is 0 Å². The Balaban J connectivity index is 0. The van der Waals surface area contributed by atoms with E-state index in [4.69, 9.17) is 5.73 Å². The van der Waals surface area contributed by atoms with Crippen molar-refractivity contribution >= 4 is 6.03 Å². The van der Waals surface area contributed by atoms with E-state index in [1.165, 1.54) is 6.42 Å². The van der Waals surface area contributed by atoms with Crippen LogP contribution in [-0.4, -0.2) is 24.0 Å². The molecule has 11 heavy (non-hydrogen) atoms. The summed E-state index contributed by atoms with van der Waals surface area (Å²) >= 11 is 0. The number of nitrogens with zero attached hydrogens (tertiary/aromatic N) is 1. The Morgan fingerprint density at radius 2 is 1.64 bits per heavy atom. The summed E-state index contributed by atoms with van der Waals surface area (Å²) in [6.45, 7) is 1.59. The number of urea groups is 1. The van der Waals surface area contributed by atoms with Gasteiger partial charge < -0.3 is 16.8 Å². The van der Waals surface area contributed by atoms with Crippen LogP contribution in [0.1, 0.15) is 19.3 Å². The standard InChI is InChI=1S/C6H12N2O.Ir.H2N/c7-6(9)8-4-2-1-3-5-8;;/h1-5H2,(H2,7,9);;1H2/q;;-1/p-1. The number of hydrogen-bond acceptors (Lipinski definition) is 1. The van der Waals surface area contributed by atoms with Crippen molar-refractivity contribution in [2.24, 2.45) is 0 Å². The molecule has 0 unspecified atom stereocenters. The molecule has 0 aliphatic carbocycles. The quantitative estimate of drug-likeness (QED) is 0.669. The number of piperidine rings is 1. The largest absolute Gasteiger partial charge is 0.693 e. The third-order valence-electron chi connectivity index (χ3n) is 1.64. The zero-order chi connectivity index (χ0) is 6.69. The molecule has 1 radical (unpaired) electrons. The first-order chi connectivity index (χ1) is 4.30. The smallest absolute Gasteiger partial charge is 0.152 e. The summed E-state index contributed by atoms with van der Waals surface area (Å²) in [4.78, 5) is 12.0. The van der Waals surface area contributed by atoms with Gasteiger partial charge in [-0.15, -0.1) is 0 Å². The summed E-state index contributed by atoms with van der Waals surface area (Å²) in [5.74, 6) is 0. The Morgan fingerprint density at radius 3 is 1.91 bits per heavy atom. The van der Waals surface area contributed by atoms with Crippen LogP contribution in [0.5, 0.6) is 0 Å². The van der Waals surface area contributed by atoms with Crippen molar-refractivity contribution in [3.63, 3.8) is 0 Å². The van der Waals surface area contributed by atoms with E-state index < -0.39 is 6.03 Å². The number of carbonyl (C=O) groups excluding carboxylic acids is 1. The summed E-state index contributed by atoms with van der Waals surface area (Å²) in [5, 5.41) is 0. The van der Waals surface area contributed by atoms with Gasteiger partial charge in [-0.05, 0) is 13.1 Å². The molecule has 5 heteroatoms. The number of amides is 2. The minimum Gasteiger partial charge on any atom is -0.693 e. The molecular weight excluding hydrogens is 322 g/mol. The van der Waals surface area contributed by atoms with E-state index in [-0.39, 0.29) is 26.3 Å². The molecule has 69 valence electrons. The summed E-state index contributed by atoms with van der Waals surface area (Å²) < 4.78 is 0. The van der Waals surface area contributed by atoms with E-state index in [1.54, 1.807) is 4.90 Å². The van der Waals surface area contributed by atoms with Crippen LogP contribution in [0.4, 0.5) is 4.79 Å². The Morgan fingerprint density at radius 1 is 1.18 bits per heavy atom. The van der Waals surface area contributed by atoms with E-state index in [0.717, 1.165) is 25.9 Å². The second kappa shape index (κ2) is 6.58. The topological polar surface area (TPSA) is 77.6 Å². The second-order valence-corrected chi connectivity index (χ2v) is 2.35. The van der Waals surface area contributed by atoms with Gasteiger partial charge in [0.25, 0.3) is 0 Å². The maximum absolute atomic E-state index is 10.4. The molecule has 0 saturated carbocycles. The molecule has 0 aromatic carbocycles. The number of likely N-dealkylation sites (tertiary alicyclic amines) is 1. The maximum atomic E-state index is 10.4. The van der Waals surface area contributed by atoms with Gasteiger partial charge in [0.15, 0.2) is 6.03 Å². The third-order valence-corrected chi connectivity index (χ3v) is 1.64. The predicted octanol–water partition coefficient (Wildman–Crippen LogP) is 2.36. The van der Waals surface area contributed by atoms with Gasteiger partial charge in [0.05, 0.1) is 0 Å². The molecular formula is C6H13IrN3O-2. The molecule has 1 heterocycles. The van der Waals surface area contributed by atoms with Crippen LogP contribution in [0, 0.1) is 0 Å². The Hall–Kier alpha value is -0.121. The Bertz CT molecular complexity index is 114. The molecule has 0 atom stereocenters. The van der Waals surface area contributed by atoms with Crippen molar-refractivity contribution in [2.75, 3.05) is 13.1 Å². The fourth-order valence-corrected chi connectivity index (χ4v) is 1.10. The minimum atomic E-state index is -0.519. The van der Waals surface area contributed by atoms with Crippen LogP contribution in [0.15, 0.2) is 0 Å². The maximum Gasteiger partial charge on any atom is 0.152 e. The van der Waals surface area contributed by atoms with Gasteiger partial charge in [-0.1, -0.05) is 19.3 Å². The molecule has 1 fully saturated rings. The molecule has 2 amide bonds. The van der Waals surface area contributed by atoms with Crippen molar-refractivity contribution in [3.8, 4) is 0 Å². The van der Waals surface area contributed by atoms with Gasteiger partial charge in [-0.3, -0.25) is 4.79 Å². The molecule has 0 aromatic heterocycles. The molecule has 0 spiro atoms. The molecule has 1 rings (SSSR count). The van der Waals surface area contributed by atoms with Gasteiger partial charge >= 0.3 is 0 Å². The number of rotatable bonds is 0. The number of hydrogen-bond donors (Lipinski definition) is 0. The van der Waals surface area contributed by atoms with E-state index in [2.05, 4.69) is 0 Å². The van der Waals surface area contributed by atoms with Gasteiger partial charge in [0.2, 0.25) is 0 Å². The average Bonchev–Trinajstić information content (AvgIpc) is 1.90. The average molecular weight is 335 g/mol. The van der Waals surface area contributed by atoms with Gasteiger partial charge in [0.1, 0.15) is 0 Å². The fraction of sp³-hybridized carbons (Fsp3) is 0.833. The summed E-state index contributed by atoms with van der Waals surface area (Å²) in [7, 11) is 0. The summed E-state index contributed by atoms with van der Waals surface area (Å²) in [6, 6.07) is -0.519. The van der Waals surface area contributed by atoms with Crippen molar-refractivity contribution in [2.45, 2.75) is 19.3 Å². The van der Waals surface area contributed by atoms with E-state index >= 15 is 0 Å². The Kier molecular flexibility index (Phi) is 8.06. The van der Waals surface area contributed by atoms with Crippen LogP contribution in [-0.2, 0) is 20.1 Å². The molecule has 3 N–H and O–H groups in total. The van der Waals surface area contributed by atoms with Crippen molar-refractivity contribution in [1.29, 1.82) is 0 Å². The SMILES string of the molecule is [Ir].[NH-]C(=O)N1CCCCC1.[NH2-]. The normalized spacial score (nSPS) is 16.2. The van der Waals surface area contributed by atoms with E-state index in [0.29, 0.717) is 0 Å². The number of carbonyl (C=O) groups is 1. The van der Waals surface area contributed by atoms with Crippen molar-refractivity contribution in [3.05, 3.63) is 11.9 Å². The van der Waals surface area contributed by atoms with Gasteiger partial charge in [-0.2, -0.15) is 0 Å². The third kappa shape index (κ3) is 4.35. The van der Waals surface area contributed by atoms with Crippen LogP contribution in [0.25, 0.3) is 11.9 Å². The van der Waals surface area contributed by atoms with Gasteiger partial charge in [-0.25, -0.2) is 0 Å². The van der Waals surface area contributed by atoms with Gasteiger partial charge in [0, 0.05) is 20.1 Å². The van der Waals surface area contributed by atoms with Crippen LogP contribution in [0.3, 0.4) is 0 Å². The first-order valence-electron chi connectivity index (χ1n) is 3.31. The van der Waals surface area contributed by atoms with E-state index in [9.17, 15) is 4.79 Å². The fourth-order valence-electron chi connectivity index (χ4n) is 1.10. The van der Waals surface area contributed by atoms with Crippen LogP contribution < -0.4 is 0 Å². The monoisotopic (exact) mass is 336 g/mol. The van der Waals surface area contributed by atoms with E-state index in [1.807, 2.05) is 0 Å². The zero-order valence-corrected chi connectivity index (χ0v) is 8.70. The summed E-state index contributed by atoms with van der Waals surface area (Å²) in [5.41, 5.74) is 6.76. The molecule has 0 bridgehead atoms. The van der Waals surface area contributed by atoms with Crippen LogP contribution >= 0.6 is 0 Å². The molecule has 0 aromatic rings. The summed E-state index contributed by atoms with van der Waals surface area (Å²) in [6.07, 6.45) is 3.36. The Labute approximate surface area is 80.4 Å². The molecule has 1 aliphatic heterocycles. The predicted molar refractivity (Wildman–Crippen MR) is 40.4 cm³/mol. The zero-order valence-electron chi connectivity index (χ0n) is 6.30.